The van der Waals surface area contributed by atoms with Crippen molar-refractivity contribution in [1.29, 1.82) is 5.26 Å². The van der Waals surface area contributed by atoms with Crippen molar-refractivity contribution in [2.75, 3.05) is 19.6 Å². The molecule has 5 heteroatoms. The average Bonchev–Trinajstić information content (AvgIpc) is 2.33. The lowest BCUT2D eigenvalue weighted by Gasteiger charge is -2.32. The number of nitriles is 1. The van der Waals surface area contributed by atoms with Crippen LogP contribution < -0.4 is 5.32 Å². The molecule has 0 spiro atoms. The summed E-state index contributed by atoms with van der Waals surface area (Å²) in [5.41, 5.74) is 0.857. The fourth-order valence-corrected chi connectivity index (χ4v) is 2.16. The minimum atomic E-state index is -0.337. The summed E-state index contributed by atoms with van der Waals surface area (Å²) in [5.74, 6) is -0.337. The first-order chi connectivity index (χ1) is 8.20. The van der Waals surface area contributed by atoms with Crippen LogP contribution in [0.3, 0.4) is 0 Å². The van der Waals surface area contributed by atoms with Gasteiger partial charge in [0.15, 0.2) is 0 Å². The highest BCUT2D eigenvalue weighted by atomic mass is 35.5. The summed E-state index contributed by atoms with van der Waals surface area (Å²) >= 11 is 5.97. The number of halogens is 2. The summed E-state index contributed by atoms with van der Waals surface area (Å²) in [7, 11) is 0. The maximum absolute atomic E-state index is 12.9. The highest BCUT2D eigenvalue weighted by molar-refractivity contribution is 6.31. The molecule has 1 N–H and O–H groups in total. The van der Waals surface area contributed by atoms with Gasteiger partial charge < -0.3 is 5.32 Å². The monoisotopic (exact) mass is 253 g/mol. The summed E-state index contributed by atoms with van der Waals surface area (Å²) < 4.78 is 12.9. The van der Waals surface area contributed by atoms with Crippen LogP contribution in [0.1, 0.15) is 5.56 Å². The standard InChI is InChI=1S/C12H13ClFN3/c13-12-5-10(14)2-1-9(12)8-17-4-3-16-7-11(17)6-15/h1-2,5,11,16H,3-4,7-8H2. The number of rotatable bonds is 2. The number of nitrogens with zero attached hydrogens (tertiary/aromatic N) is 2. The Bertz CT molecular complexity index is 444. The summed E-state index contributed by atoms with van der Waals surface area (Å²) in [5, 5.41) is 12.6. The van der Waals surface area contributed by atoms with Gasteiger partial charge in [0.25, 0.3) is 0 Å². The van der Waals surface area contributed by atoms with Crippen molar-refractivity contribution < 1.29 is 4.39 Å². The molecule has 17 heavy (non-hydrogen) atoms. The summed E-state index contributed by atoms with van der Waals surface area (Å²) in [6, 6.07) is 6.48. The van der Waals surface area contributed by atoms with Crippen LogP contribution in [0.15, 0.2) is 18.2 Å². The normalized spacial score (nSPS) is 21.1. The predicted octanol–water partition coefficient (Wildman–Crippen LogP) is 1.78. The van der Waals surface area contributed by atoms with Crippen molar-refractivity contribution in [1.82, 2.24) is 10.2 Å². The molecule has 0 aromatic heterocycles. The van der Waals surface area contributed by atoms with Gasteiger partial charge in [0, 0.05) is 31.2 Å². The zero-order chi connectivity index (χ0) is 12.3. The molecule has 0 aliphatic carbocycles. The molecule has 1 unspecified atom stereocenters. The molecular weight excluding hydrogens is 241 g/mol. The summed E-state index contributed by atoms with van der Waals surface area (Å²) in [6.45, 7) is 2.90. The van der Waals surface area contributed by atoms with E-state index in [1.165, 1.54) is 12.1 Å². The van der Waals surface area contributed by atoms with Gasteiger partial charge in [0.2, 0.25) is 0 Å². The number of hydrogen-bond donors (Lipinski definition) is 1. The molecule has 90 valence electrons. The second-order valence-electron chi connectivity index (χ2n) is 4.06. The highest BCUT2D eigenvalue weighted by Crippen LogP contribution is 2.20. The van der Waals surface area contributed by atoms with Crippen LogP contribution in [-0.2, 0) is 6.54 Å². The van der Waals surface area contributed by atoms with Crippen molar-refractivity contribution in [3.05, 3.63) is 34.6 Å². The molecule has 0 bridgehead atoms. The van der Waals surface area contributed by atoms with Crippen LogP contribution in [0.2, 0.25) is 5.02 Å². The largest absolute Gasteiger partial charge is 0.313 e. The third kappa shape index (κ3) is 2.95. The molecule has 0 amide bonds. The maximum atomic E-state index is 12.9. The van der Waals surface area contributed by atoms with E-state index < -0.39 is 0 Å². The molecule has 1 atom stereocenters. The first-order valence-corrected chi connectivity index (χ1v) is 5.87. The Morgan fingerprint density at radius 1 is 1.59 bits per heavy atom. The first-order valence-electron chi connectivity index (χ1n) is 5.49. The van der Waals surface area contributed by atoms with Gasteiger partial charge in [-0.25, -0.2) is 4.39 Å². The molecule has 1 fully saturated rings. The van der Waals surface area contributed by atoms with E-state index in [4.69, 9.17) is 16.9 Å². The van der Waals surface area contributed by atoms with Gasteiger partial charge in [-0.2, -0.15) is 5.26 Å². The predicted molar refractivity (Wildman–Crippen MR) is 64.1 cm³/mol. The van der Waals surface area contributed by atoms with Gasteiger partial charge in [0.05, 0.1) is 6.07 Å². The van der Waals surface area contributed by atoms with Crippen LogP contribution in [0.25, 0.3) is 0 Å². The Kier molecular flexibility index (Phi) is 3.95. The van der Waals surface area contributed by atoms with Gasteiger partial charge in [-0.15, -0.1) is 0 Å². The van der Waals surface area contributed by atoms with E-state index in [2.05, 4.69) is 16.3 Å². The average molecular weight is 254 g/mol. The lowest BCUT2D eigenvalue weighted by atomic mass is 10.1. The van der Waals surface area contributed by atoms with E-state index in [0.717, 1.165) is 18.7 Å². The van der Waals surface area contributed by atoms with Gasteiger partial charge in [-0.05, 0) is 17.7 Å². The van der Waals surface area contributed by atoms with Crippen molar-refractivity contribution in [3.63, 3.8) is 0 Å². The maximum Gasteiger partial charge on any atom is 0.124 e. The first kappa shape index (κ1) is 12.3. The Morgan fingerprint density at radius 3 is 3.12 bits per heavy atom. The van der Waals surface area contributed by atoms with Crippen LogP contribution in [0.4, 0.5) is 4.39 Å². The van der Waals surface area contributed by atoms with Crippen molar-refractivity contribution in [3.8, 4) is 6.07 Å². The molecule has 0 radical (unpaired) electrons. The van der Waals surface area contributed by atoms with Gasteiger partial charge >= 0.3 is 0 Å². The Hall–Kier alpha value is -1.15. The smallest absolute Gasteiger partial charge is 0.124 e. The van der Waals surface area contributed by atoms with E-state index in [9.17, 15) is 4.39 Å². The summed E-state index contributed by atoms with van der Waals surface area (Å²) in [4.78, 5) is 2.05. The van der Waals surface area contributed by atoms with E-state index in [0.29, 0.717) is 18.1 Å². The second kappa shape index (κ2) is 5.46. The molecule has 1 aromatic carbocycles. The number of hydrogen-bond acceptors (Lipinski definition) is 3. The molecule has 0 saturated carbocycles. The lowest BCUT2D eigenvalue weighted by Crippen LogP contribution is -2.50. The van der Waals surface area contributed by atoms with Crippen LogP contribution in [0.5, 0.6) is 0 Å². The molecule has 3 nitrogen and oxygen atoms in total. The van der Waals surface area contributed by atoms with Crippen LogP contribution in [-0.4, -0.2) is 30.6 Å². The fourth-order valence-electron chi connectivity index (χ4n) is 1.93. The van der Waals surface area contributed by atoms with Crippen LogP contribution in [0, 0.1) is 17.1 Å². The lowest BCUT2D eigenvalue weighted by molar-refractivity contribution is 0.189. The molecule has 1 saturated heterocycles. The number of benzene rings is 1. The SMILES string of the molecule is N#CC1CNCCN1Cc1ccc(F)cc1Cl. The van der Waals surface area contributed by atoms with Crippen molar-refractivity contribution in [2.24, 2.45) is 0 Å². The van der Waals surface area contributed by atoms with Crippen molar-refractivity contribution >= 4 is 11.6 Å². The Balaban J connectivity index is 2.11. The zero-order valence-electron chi connectivity index (χ0n) is 9.29. The molecular formula is C12H13ClFN3. The Labute approximate surface area is 105 Å². The Morgan fingerprint density at radius 2 is 2.41 bits per heavy atom. The molecule has 1 aromatic rings. The molecule has 1 aliphatic heterocycles. The van der Waals surface area contributed by atoms with Gasteiger partial charge in [0.1, 0.15) is 11.9 Å². The van der Waals surface area contributed by atoms with E-state index in [-0.39, 0.29) is 11.9 Å². The molecule has 1 heterocycles. The third-order valence-corrected chi connectivity index (χ3v) is 3.24. The quantitative estimate of drug-likeness (QED) is 0.873. The topological polar surface area (TPSA) is 39.1 Å². The third-order valence-electron chi connectivity index (χ3n) is 2.89. The second-order valence-corrected chi connectivity index (χ2v) is 4.46. The molecule has 1 aliphatic rings. The van der Waals surface area contributed by atoms with Crippen molar-refractivity contribution in [2.45, 2.75) is 12.6 Å². The molecule has 2 rings (SSSR count). The van der Waals surface area contributed by atoms with E-state index in [1.807, 2.05) is 0 Å². The fraction of sp³-hybridized carbons (Fsp3) is 0.417. The van der Waals surface area contributed by atoms with Gasteiger partial charge in [-0.1, -0.05) is 17.7 Å². The highest BCUT2D eigenvalue weighted by Gasteiger charge is 2.22. The van der Waals surface area contributed by atoms with Gasteiger partial charge in [-0.3, -0.25) is 4.90 Å². The van der Waals surface area contributed by atoms with Crippen LogP contribution >= 0.6 is 11.6 Å². The zero-order valence-corrected chi connectivity index (χ0v) is 10.0. The van der Waals surface area contributed by atoms with E-state index >= 15 is 0 Å². The minimum absolute atomic E-state index is 0.148. The summed E-state index contributed by atoms with van der Waals surface area (Å²) in [6.07, 6.45) is 0. The van der Waals surface area contributed by atoms with E-state index in [1.54, 1.807) is 6.07 Å². The minimum Gasteiger partial charge on any atom is -0.313 e. The number of nitrogens with one attached hydrogen (secondary N) is 1. The number of piperazine rings is 1.